The van der Waals surface area contributed by atoms with Gasteiger partial charge in [0.05, 0.1) is 12.1 Å². The summed E-state index contributed by atoms with van der Waals surface area (Å²) in [5, 5.41) is 2.94. The first-order valence-corrected chi connectivity index (χ1v) is 5.47. The fourth-order valence-corrected chi connectivity index (χ4v) is 2.19. The molecule has 1 heterocycles. The molecule has 0 bridgehead atoms. The number of halogens is 2. The highest BCUT2D eigenvalue weighted by Gasteiger charge is 2.30. The lowest BCUT2D eigenvalue weighted by molar-refractivity contribution is 0.0784. The Hall–Kier alpha value is -1.00. The molecule has 1 fully saturated rings. The van der Waals surface area contributed by atoms with Gasteiger partial charge in [-0.2, -0.15) is 0 Å². The fourth-order valence-electron chi connectivity index (χ4n) is 2.19. The number of benzene rings is 1. The molecule has 4 heteroatoms. The van der Waals surface area contributed by atoms with E-state index in [-0.39, 0.29) is 11.7 Å². The molecule has 2 unspecified atom stereocenters. The standard InChI is InChI=1S/C12H15F2NO/c1-15-12(10-6-3-7-16-10)11-8(13)4-2-5-9(11)14/h2,4-5,10,12,15H,3,6-7H2,1H3. The van der Waals surface area contributed by atoms with Crippen LogP contribution in [0.4, 0.5) is 8.78 Å². The molecule has 88 valence electrons. The van der Waals surface area contributed by atoms with Crippen molar-refractivity contribution in [2.45, 2.75) is 25.0 Å². The van der Waals surface area contributed by atoms with Gasteiger partial charge in [-0.25, -0.2) is 8.78 Å². The molecule has 0 aromatic heterocycles. The Morgan fingerprint density at radius 3 is 2.56 bits per heavy atom. The van der Waals surface area contributed by atoms with E-state index in [4.69, 9.17) is 4.74 Å². The van der Waals surface area contributed by atoms with Gasteiger partial charge in [-0.05, 0) is 32.0 Å². The zero-order valence-corrected chi connectivity index (χ0v) is 9.17. The van der Waals surface area contributed by atoms with E-state index < -0.39 is 17.7 Å². The first kappa shape index (κ1) is 11.5. The minimum absolute atomic E-state index is 0.0805. The number of likely N-dealkylation sites (N-methyl/N-ethyl adjacent to an activating group) is 1. The highest BCUT2D eigenvalue weighted by molar-refractivity contribution is 5.24. The third-order valence-electron chi connectivity index (χ3n) is 2.96. The molecule has 2 nitrogen and oxygen atoms in total. The average Bonchev–Trinajstić information content (AvgIpc) is 2.77. The molecule has 1 aromatic carbocycles. The topological polar surface area (TPSA) is 21.3 Å². The maximum Gasteiger partial charge on any atom is 0.131 e. The number of hydrogen-bond acceptors (Lipinski definition) is 2. The molecule has 1 saturated heterocycles. The van der Waals surface area contributed by atoms with Crippen molar-refractivity contribution in [3.63, 3.8) is 0 Å². The largest absolute Gasteiger partial charge is 0.376 e. The number of nitrogens with one attached hydrogen (secondary N) is 1. The van der Waals surface area contributed by atoms with Crippen LogP contribution in [0.1, 0.15) is 24.4 Å². The van der Waals surface area contributed by atoms with Gasteiger partial charge in [0, 0.05) is 12.2 Å². The van der Waals surface area contributed by atoms with Crippen molar-refractivity contribution in [2.24, 2.45) is 0 Å². The summed E-state index contributed by atoms with van der Waals surface area (Å²) in [6, 6.07) is 3.51. The van der Waals surface area contributed by atoms with Gasteiger partial charge in [-0.15, -0.1) is 0 Å². The highest BCUT2D eigenvalue weighted by Crippen LogP contribution is 2.29. The third-order valence-corrected chi connectivity index (χ3v) is 2.96. The number of hydrogen-bond donors (Lipinski definition) is 1. The molecule has 16 heavy (non-hydrogen) atoms. The lowest BCUT2D eigenvalue weighted by atomic mass is 9.98. The summed E-state index contributed by atoms with van der Waals surface area (Å²) in [6.07, 6.45) is 1.63. The predicted octanol–water partition coefficient (Wildman–Crippen LogP) is 2.40. The average molecular weight is 227 g/mol. The second kappa shape index (κ2) is 4.89. The second-order valence-electron chi connectivity index (χ2n) is 3.95. The van der Waals surface area contributed by atoms with Crippen LogP contribution in [0.5, 0.6) is 0 Å². The smallest absolute Gasteiger partial charge is 0.131 e. The summed E-state index contributed by atoms with van der Waals surface area (Å²) in [5.74, 6) is -1.04. The fraction of sp³-hybridized carbons (Fsp3) is 0.500. The highest BCUT2D eigenvalue weighted by atomic mass is 19.1. The zero-order valence-electron chi connectivity index (χ0n) is 9.17. The first-order chi connectivity index (χ1) is 7.74. The van der Waals surface area contributed by atoms with Crippen LogP contribution in [-0.4, -0.2) is 19.8 Å². The van der Waals surface area contributed by atoms with E-state index in [1.54, 1.807) is 7.05 Å². The minimum atomic E-state index is -0.519. The van der Waals surface area contributed by atoms with Gasteiger partial charge >= 0.3 is 0 Å². The number of rotatable bonds is 3. The van der Waals surface area contributed by atoms with Gasteiger partial charge in [-0.3, -0.25) is 0 Å². The van der Waals surface area contributed by atoms with E-state index >= 15 is 0 Å². The summed E-state index contributed by atoms with van der Waals surface area (Å²) >= 11 is 0. The molecular formula is C12H15F2NO. The van der Waals surface area contributed by atoms with E-state index in [0.29, 0.717) is 6.61 Å². The Bertz CT molecular complexity index is 344. The summed E-state index contributed by atoms with van der Waals surface area (Å²) in [5.41, 5.74) is 0.0805. The van der Waals surface area contributed by atoms with Crippen molar-refractivity contribution in [1.29, 1.82) is 0 Å². The van der Waals surface area contributed by atoms with Gasteiger partial charge < -0.3 is 10.1 Å². The van der Waals surface area contributed by atoms with Crippen molar-refractivity contribution >= 4 is 0 Å². The molecule has 1 aliphatic rings. The third kappa shape index (κ3) is 2.08. The summed E-state index contributed by atoms with van der Waals surface area (Å²) in [4.78, 5) is 0. The van der Waals surface area contributed by atoms with Gasteiger partial charge in [-0.1, -0.05) is 6.07 Å². The molecule has 0 radical (unpaired) electrons. The summed E-state index contributed by atoms with van der Waals surface area (Å²) in [7, 11) is 1.69. The van der Waals surface area contributed by atoms with Crippen LogP contribution in [0.15, 0.2) is 18.2 Å². The lowest BCUT2D eigenvalue weighted by Crippen LogP contribution is -2.30. The number of ether oxygens (including phenoxy) is 1. The Morgan fingerprint density at radius 2 is 2.06 bits per heavy atom. The van der Waals surface area contributed by atoms with Crippen molar-refractivity contribution in [3.8, 4) is 0 Å². The molecule has 0 amide bonds. The van der Waals surface area contributed by atoms with Gasteiger partial charge in [0.1, 0.15) is 11.6 Å². The van der Waals surface area contributed by atoms with E-state index in [9.17, 15) is 8.78 Å². The molecule has 2 atom stereocenters. The SMILES string of the molecule is CNC(c1c(F)cccc1F)C1CCCO1. The first-order valence-electron chi connectivity index (χ1n) is 5.47. The predicted molar refractivity (Wildman–Crippen MR) is 57.1 cm³/mol. The van der Waals surface area contributed by atoms with E-state index in [0.717, 1.165) is 12.8 Å². The van der Waals surface area contributed by atoms with Crippen LogP contribution >= 0.6 is 0 Å². The van der Waals surface area contributed by atoms with Crippen molar-refractivity contribution in [3.05, 3.63) is 35.4 Å². The lowest BCUT2D eigenvalue weighted by Gasteiger charge is -2.23. The molecule has 0 spiro atoms. The molecule has 1 aliphatic heterocycles. The second-order valence-corrected chi connectivity index (χ2v) is 3.95. The van der Waals surface area contributed by atoms with Crippen LogP contribution in [0.25, 0.3) is 0 Å². The monoisotopic (exact) mass is 227 g/mol. The molecule has 1 aromatic rings. The summed E-state index contributed by atoms with van der Waals surface area (Å²) < 4.78 is 32.7. The summed E-state index contributed by atoms with van der Waals surface area (Å²) in [6.45, 7) is 0.666. The van der Waals surface area contributed by atoms with E-state index in [2.05, 4.69) is 5.32 Å². The minimum Gasteiger partial charge on any atom is -0.376 e. The van der Waals surface area contributed by atoms with E-state index in [1.807, 2.05) is 0 Å². The van der Waals surface area contributed by atoms with Crippen LogP contribution in [-0.2, 0) is 4.74 Å². The van der Waals surface area contributed by atoms with Crippen LogP contribution < -0.4 is 5.32 Å². The normalized spacial score (nSPS) is 22.3. The van der Waals surface area contributed by atoms with Gasteiger partial charge in [0.15, 0.2) is 0 Å². The molecule has 1 N–H and O–H groups in total. The van der Waals surface area contributed by atoms with Gasteiger partial charge in [0.2, 0.25) is 0 Å². The molecule has 0 saturated carbocycles. The quantitative estimate of drug-likeness (QED) is 0.856. The van der Waals surface area contributed by atoms with E-state index in [1.165, 1.54) is 18.2 Å². The van der Waals surface area contributed by atoms with Crippen LogP contribution in [0, 0.1) is 11.6 Å². The zero-order chi connectivity index (χ0) is 11.5. The van der Waals surface area contributed by atoms with Crippen molar-refractivity contribution in [2.75, 3.05) is 13.7 Å². The Kier molecular flexibility index (Phi) is 3.51. The Balaban J connectivity index is 2.32. The van der Waals surface area contributed by atoms with Crippen molar-refractivity contribution in [1.82, 2.24) is 5.32 Å². The Morgan fingerprint density at radius 1 is 1.38 bits per heavy atom. The maximum absolute atomic E-state index is 13.6. The molecular weight excluding hydrogens is 212 g/mol. The van der Waals surface area contributed by atoms with Crippen LogP contribution in [0.2, 0.25) is 0 Å². The molecule has 2 rings (SSSR count). The van der Waals surface area contributed by atoms with Crippen molar-refractivity contribution < 1.29 is 13.5 Å². The van der Waals surface area contributed by atoms with Gasteiger partial charge in [0.25, 0.3) is 0 Å². The van der Waals surface area contributed by atoms with Crippen LogP contribution in [0.3, 0.4) is 0 Å². The molecule has 0 aliphatic carbocycles. The maximum atomic E-state index is 13.6. The Labute approximate surface area is 93.6 Å².